The number of benzene rings is 1. The first-order valence-electron chi connectivity index (χ1n) is 6.65. The van der Waals surface area contributed by atoms with Gasteiger partial charge in [0.15, 0.2) is 5.75 Å². The zero-order valence-electron chi connectivity index (χ0n) is 10.9. The van der Waals surface area contributed by atoms with Crippen LogP contribution in [0.15, 0.2) is 30.5 Å². The van der Waals surface area contributed by atoms with Crippen molar-refractivity contribution in [2.45, 2.75) is 18.9 Å². The second kappa shape index (κ2) is 5.42. The number of aromatic nitrogens is 1. The molecule has 0 spiro atoms. The van der Waals surface area contributed by atoms with Gasteiger partial charge in [-0.3, -0.25) is 15.1 Å². The largest absolute Gasteiger partial charge is 0.482 e. The maximum Gasteiger partial charge on any atom is 0.320 e. The van der Waals surface area contributed by atoms with Crippen molar-refractivity contribution in [3.05, 3.63) is 40.6 Å². The summed E-state index contributed by atoms with van der Waals surface area (Å²) in [6.07, 6.45) is 3.54. The number of nitrogens with zero attached hydrogens (tertiary/aromatic N) is 2. The lowest BCUT2D eigenvalue weighted by Gasteiger charge is -2.23. The average molecular weight is 273 g/mol. The summed E-state index contributed by atoms with van der Waals surface area (Å²) >= 11 is 0. The molecular formula is C14H15N3O3. The number of hydrogen-bond acceptors (Lipinski definition) is 5. The van der Waals surface area contributed by atoms with Gasteiger partial charge in [-0.1, -0.05) is 0 Å². The molecule has 0 unspecified atom stereocenters. The van der Waals surface area contributed by atoms with E-state index < -0.39 is 4.92 Å². The zero-order chi connectivity index (χ0) is 13.9. The van der Waals surface area contributed by atoms with Gasteiger partial charge in [-0.15, -0.1) is 0 Å². The average Bonchev–Trinajstić information content (AvgIpc) is 2.47. The molecule has 1 aliphatic rings. The van der Waals surface area contributed by atoms with Crippen LogP contribution in [0.1, 0.15) is 12.8 Å². The molecule has 1 aromatic heterocycles. The summed E-state index contributed by atoms with van der Waals surface area (Å²) in [5.41, 5.74) is 0.606. The van der Waals surface area contributed by atoms with E-state index >= 15 is 0 Å². The fourth-order valence-electron chi connectivity index (χ4n) is 2.50. The molecule has 1 aromatic carbocycles. The number of nitro benzene ring substituents is 1. The third kappa shape index (κ3) is 2.42. The van der Waals surface area contributed by atoms with Gasteiger partial charge in [0, 0.05) is 12.7 Å². The monoisotopic (exact) mass is 273 g/mol. The lowest BCUT2D eigenvalue weighted by atomic mass is 10.1. The van der Waals surface area contributed by atoms with Gasteiger partial charge in [0.1, 0.15) is 6.10 Å². The van der Waals surface area contributed by atoms with Crippen LogP contribution in [-0.4, -0.2) is 29.1 Å². The standard InChI is InChI=1S/C14H15N3O3/c18-17(19)14-11-4-2-8-16-12(11)5-6-13(14)20-10-3-1-7-15-9-10/h2,4-6,8,10,15H,1,3,7,9H2/t10-/m0/s1. The molecule has 20 heavy (non-hydrogen) atoms. The molecule has 1 aliphatic heterocycles. The molecule has 104 valence electrons. The van der Waals surface area contributed by atoms with Gasteiger partial charge in [-0.05, 0) is 43.7 Å². The number of ether oxygens (including phenoxy) is 1. The van der Waals surface area contributed by atoms with Gasteiger partial charge in [0.05, 0.1) is 15.8 Å². The van der Waals surface area contributed by atoms with Crippen LogP contribution in [0, 0.1) is 10.1 Å². The van der Waals surface area contributed by atoms with Crippen LogP contribution in [0.2, 0.25) is 0 Å². The zero-order valence-corrected chi connectivity index (χ0v) is 10.9. The molecule has 6 nitrogen and oxygen atoms in total. The molecule has 3 rings (SSSR count). The molecule has 2 aromatic rings. The number of pyridine rings is 1. The lowest BCUT2D eigenvalue weighted by Crippen LogP contribution is -2.37. The molecule has 0 aliphatic carbocycles. The predicted octanol–water partition coefficient (Wildman–Crippen LogP) is 2.27. The highest BCUT2D eigenvalue weighted by atomic mass is 16.6. The summed E-state index contributed by atoms with van der Waals surface area (Å²) in [4.78, 5) is 15.1. The van der Waals surface area contributed by atoms with Crippen molar-refractivity contribution in [2.75, 3.05) is 13.1 Å². The second-order valence-electron chi connectivity index (χ2n) is 4.83. The van der Waals surface area contributed by atoms with E-state index in [9.17, 15) is 10.1 Å². The van der Waals surface area contributed by atoms with E-state index in [4.69, 9.17) is 4.74 Å². The van der Waals surface area contributed by atoms with Crippen LogP contribution in [0.5, 0.6) is 5.75 Å². The number of hydrogen-bond donors (Lipinski definition) is 1. The first-order chi connectivity index (χ1) is 9.75. The highest BCUT2D eigenvalue weighted by molar-refractivity contribution is 5.90. The molecule has 0 amide bonds. The minimum absolute atomic E-state index is 0.00109. The predicted molar refractivity (Wildman–Crippen MR) is 74.9 cm³/mol. The normalized spacial score (nSPS) is 18.9. The van der Waals surface area contributed by atoms with Gasteiger partial charge in [-0.25, -0.2) is 0 Å². The Balaban J connectivity index is 2.01. The van der Waals surface area contributed by atoms with E-state index in [0.29, 0.717) is 16.7 Å². The first-order valence-corrected chi connectivity index (χ1v) is 6.65. The van der Waals surface area contributed by atoms with Crippen LogP contribution < -0.4 is 10.1 Å². The minimum Gasteiger partial charge on any atom is -0.482 e. The molecule has 0 bridgehead atoms. The molecule has 0 radical (unpaired) electrons. The third-order valence-corrected chi connectivity index (χ3v) is 3.45. The Hall–Kier alpha value is -2.21. The van der Waals surface area contributed by atoms with E-state index in [1.807, 2.05) is 0 Å². The van der Waals surface area contributed by atoms with E-state index in [1.165, 1.54) is 0 Å². The van der Waals surface area contributed by atoms with Crippen LogP contribution in [-0.2, 0) is 0 Å². The molecule has 1 atom stereocenters. The summed E-state index contributed by atoms with van der Waals surface area (Å²) in [5.74, 6) is 0.323. The van der Waals surface area contributed by atoms with E-state index in [1.54, 1.807) is 30.5 Å². The summed E-state index contributed by atoms with van der Waals surface area (Å²) in [7, 11) is 0. The SMILES string of the molecule is O=[N+]([O-])c1c(O[C@H]2CCCNC2)ccc2ncccc12. The Bertz CT molecular complexity index is 639. The van der Waals surface area contributed by atoms with Crippen LogP contribution >= 0.6 is 0 Å². The van der Waals surface area contributed by atoms with Crippen molar-refractivity contribution in [3.8, 4) is 5.75 Å². The highest BCUT2D eigenvalue weighted by Gasteiger charge is 2.23. The molecule has 6 heteroatoms. The number of fused-ring (bicyclic) bond motifs is 1. The van der Waals surface area contributed by atoms with E-state index in [-0.39, 0.29) is 11.8 Å². The molecule has 1 saturated heterocycles. The molecule has 1 fully saturated rings. The van der Waals surface area contributed by atoms with Crippen molar-refractivity contribution in [3.63, 3.8) is 0 Å². The maximum atomic E-state index is 11.4. The Morgan fingerprint density at radius 2 is 2.30 bits per heavy atom. The number of nitrogens with one attached hydrogen (secondary N) is 1. The van der Waals surface area contributed by atoms with Gasteiger partial charge >= 0.3 is 5.69 Å². The fourth-order valence-corrected chi connectivity index (χ4v) is 2.50. The Morgan fingerprint density at radius 1 is 1.40 bits per heavy atom. The number of piperidine rings is 1. The van der Waals surface area contributed by atoms with Gasteiger partial charge < -0.3 is 10.1 Å². The highest BCUT2D eigenvalue weighted by Crippen LogP contribution is 2.35. The first kappa shape index (κ1) is 12.8. The van der Waals surface area contributed by atoms with Crippen molar-refractivity contribution in [2.24, 2.45) is 0 Å². The Morgan fingerprint density at radius 3 is 3.05 bits per heavy atom. The van der Waals surface area contributed by atoms with E-state index in [2.05, 4.69) is 10.3 Å². The van der Waals surface area contributed by atoms with Crippen molar-refractivity contribution in [1.82, 2.24) is 10.3 Å². The minimum atomic E-state index is -0.393. The van der Waals surface area contributed by atoms with Crippen LogP contribution in [0.3, 0.4) is 0 Å². The quantitative estimate of drug-likeness (QED) is 0.685. The maximum absolute atomic E-state index is 11.4. The topological polar surface area (TPSA) is 77.3 Å². The summed E-state index contributed by atoms with van der Waals surface area (Å²) in [6.45, 7) is 1.70. The van der Waals surface area contributed by atoms with Gasteiger partial charge in [0.2, 0.25) is 0 Å². The lowest BCUT2D eigenvalue weighted by molar-refractivity contribution is -0.384. The van der Waals surface area contributed by atoms with Crippen molar-refractivity contribution in [1.29, 1.82) is 0 Å². The fraction of sp³-hybridized carbons (Fsp3) is 0.357. The Labute approximate surface area is 115 Å². The van der Waals surface area contributed by atoms with E-state index in [0.717, 1.165) is 25.9 Å². The summed E-state index contributed by atoms with van der Waals surface area (Å²) in [5, 5.41) is 15.1. The smallest absolute Gasteiger partial charge is 0.320 e. The molecular weight excluding hydrogens is 258 g/mol. The number of rotatable bonds is 3. The van der Waals surface area contributed by atoms with Crippen LogP contribution in [0.25, 0.3) is 10.9 Å². The van der Waals surface area contributed by atoms with Crippen LogP contribution in [0.4, 0.5) is 5.69 Å². The van der Waals surface area contributed by atoms with Crippen molar-refractivity contribution < 1.29 is 9.66 Å². The molecule has 0 saturated carbocycles. The molecule has 2 heterocycles. The number of nitro groups is 1. The Kier molecular flexibility index (Phi) is 3.47. The third-order valence-electron chi connectivity index (χ3n) is 3.45. The summed E-state index contributed by atoms with van der Waals surface area (Å²) < 4.78 is 5.82. The van der Waals surface area contributed by atoms with Crippen molar-refractivity contribution >= 4 is 16.6 Å². The summed E-state index contributed by atoms with van der Waals surface area (Å²) in [6, 6.07) is 6.80. The van der Waals surface area contributed by atoms with Gasteiger partial charge in [-0.2, -0.15) is 0 Å². The second-order valence-corrected chi connectivity index (χ2v) is 4.83. The van der Waals surface area contributed by atoms with Gasteiger partial charge in [0.25, 0.3) is 0 Å². The molecule has 1 N–H and O–H groups in total.